The summed E-state index contributed by atoms with van der Waals surface area (Å²) >= 11 is 0. The Hall–Kier alpha value is -7.22. The average Bonchev–Trinajstić information content (AvgIpc) is 3.65. The fourth-order valence-electron chi connectivity index (χ4n) is 8.67. The van der Waals surface area contributed by atoms with Crippen LogP contribution in [0.1, 0.15) is 0 Å². The molecule has 0 fully saturated rings. The molecule has 1 heteroatoms. The second kappa shape index (κ2) is 12.7. The van der Waals surface area contributed by atoms with Gasteiger partial charge in [-0.05, 0) is 130 Å². The van der Waals surface area contributed by atoms with Crippen LogP contribution in [0.2, 0.25) is 0 Å². The van der Waals surface area contributed by atoms with Gasteiger partial charge in [0.1, 0.15) is 11.2 Å². The molecule has 0 saturated heterocycles. The highest BCUT2D eigenvalue weighted by molar-refractivity contribution is 6.26. The lowest BCUT2D eigenvalue weighted by Crippen LogP contribution is -1.90. The monoisotopic (exact) mass is 698 g/mol. The molecular weight excluding hydrogens is 665 g/mol. The lowest BCUT2D eigenvalue weighted by molar-refractivity contribution is 0.669. The molecule has 0 aliphatic rings. The predicted molar refractivity (Wildman–Crippen MR) is 233 cm³/mol. The van der Waals surface area contributed by atoms with Crippen molar-refractivity contribution < 1.29 is 4.42 Å². The van der Waals surface area contributed by atoms with Gasteiger partial charge in [-0.25, -0.2) is 0 Å². The van der Waals surface area contributed by atoms with Crippen molar-refractivity contribution in [2.24, 2.45) is 0 Å². The molecule has 0 radical (unpaired) electrons. The van der Waals surface area contributed by atoms with Crippen molar-refractivity contribution in [3.05, 3.63) is 206 Å². The Bertz CT molecular complexity index is 3150. The summed E-state index contributed by atoms with van der Waals surface area (Å²) in [4.78, 5) is 0. The Kier molecular flexibility index (Phi) is 7.25. The largest absolute Gasteiger partial charge is 0.456 e. The molecule has 0 spiro atoms. The molecule has 0 unspecified atom stereocenters. The fourth-order valence-corrected chi connectivity index (χ4v) is 8.67. The summed E-state index contributed by atoms with van der Waals surface area (Å²) < 4.78 is 6.70. The van der Waals surface area contributed by atoms with Crippen LogP contribution in [0.5, 0.6) is 0 Å². The van der Waals surface area contributed by atoms with Gasteiger partial charge in [-0.2, -0.15) is 0 Å². The number of fused-ring (bicyclic) bond motifs is 9. The predicted octanol–water partition coefficient (Wildman–Crippen LogP) is 15.4. The summed E-state index contributed by atoms with van der Waals surface area (Å²) in [6.45, 7) is 0. The average molecular weight is 699 g/mol. The summed E-state index contributed by atoms with van der Waals surface area (Å²) in [7, 11) is 0. The van der Waals surface area contributed by atoms with E-state index in [4.69, 9.17) is 4.42 Å². The van der Waals surface area contributed by atoms with Gasteiger partial charge in [0.15, 0.2) is 0 Å². The minimum atomic E-state index is 0.880. The summed E-state index contributed by atoms with van der Waals surface area (Å²) in [5, 5.41) is 9.91. The molecule has 0 aliphatic carbocycles. The van der Waals surface area contributed by atoms with Crippen LogP contribution in [0.4, 0.5) is 0 Å². The fraction of sp³-hybridized carbons (Fsp3) is 0. The maximum Gasteiger partial charge on any atom is 0.136 e. The topological polar surface area (TPSA) is 13.1 Å². The lowest BCUT2D eigenvalue weighted by atomic mass is 9.87. The van der Waals surface area contributed by atoms with Crippen molar-refractivity contribution >= 4 is 54.3 Å². The van der Waals surface area contributed by atoms with Crippen LogP contribution in [0.3, 0.4) is 0 Å². The van der Waals surface area contributed by atoms with Crippen LogP contribution >= 0.6 is 0 Å². The van der Waals surface area contributed by atoms with Crippen LogP contribution in [0.25, 0.3) is 110 Å². The van der Waals surface area contributed by atoms with Gasteiger partial charge < -0.3 is 4.42 Å². The van der Waals surface area contributed by atoms with Gasteiger partial charge in [-0.3, -0.25) is 0 Å². The summed E-state index contributed by atoms with van der Waals surface area (Å²) in [6.07, 6.45) is 0. The first-order valence-electron chi connectivity index (χ1n) is 18.9. The molecule has 1 aromatic heterocycles. The summed E-state index contributed by atoms with van der Waals surface area (Å²) in [5.74, 6) is 0. The number of rotatable bonds is 5. The highest BCUT2D eigenvalue weighted by Gasteiger charge is 2.19. The molecule has 11 aromatic rings. The van der Waals surface area contributed by atoms with E-state index in [1.165, 1.54) is 71.3 Å². The Labute approximate surface area is 319 Å². The van der Waals surface area contributed by atoms with E-state index < -0.39 is 0 Å². The Morgan fingerprint density at radius 3 is 1.29 bits per heavy atom. The van der Waals surface area contributed by atoms with Gasteiger partial charge in [0.25, 0.3) is 0 Å². The minimum absolute atomic E-state index is 0.880. The molecular formula is C54H34O. The Morgan fingerprint density at radius 1 is 0.218 bits per heavy atom. The van der Waals surface area contributed by atoms with E-state index in [0.29, 0.717) is 0 Å². The van der Waals surface area contributed by atoms with E-state index in [1.807, 2.05) is 0 Å². The zero-order valence-electron chi connectivity index (χ0n) is 30.0. The van der Waals surface area contributed by atoms with Crippen molar-refractivity contribution in [3.63, 3.8) is 0 Å². The molecule has 55 heavy (non-hydrogen) atoms. The second-order valence-corrected chi connectivity index (χ2v) is 14.4. The molecule has 0 N–H and O–H groups in total. The van der Waals surface area contributed by atoms with Crippen LogP contribution < -0.4 is 0 Å². The van der Waals surface area contributed by atoms with E-state index in [9.17, 15) is 0 Å². The third-order valence-corrected chi connectivity index (χ3v) is 11.2. The summed E-state index contributed by atoms with van der Waals surface area (Å²) in [5.41, 5.74) is 13.5. The van der Waals surface area contributed by atoms with E-state index >= 15 is 0 Å². The highest BCUT2D eigenvalue weighted by atomic mass is 16.3. The van der Waals surface area contributed by atoms with Crippen molar-refractivity contribution in [3.8, 4) is 55.6 Å². The number of benzene rings is 10. The van der Waals surface area contributed by atoms with Crippen molar-refractivity contribution in [1.29, 1.82) is 0 Å². The summed E-state index contributed by atoms with van der Waals surface area (Å²) in [6, 6.07) is 74.8. The van der Waals surface area contributed by atoms with Gasteiger partial charge in [-0.15, -0.1) is 0 Å². The molecule has 0 aliphatic heterocycles. The maximum atomic E-state index is 6.70. The van der Waals surface area contributed by atoms with E-state index in [-0.39, 0.29) is 0 Å². The standard InChI is InChI=1S/C54H34O/c1-3-15-35(16-4-1)38-29-39(36-17-5-2-6-18-36)31-40(30-38)41-33-51(54-49-25-13-14-26-52(49)55-53(54)34-41)43-20-8-7-19-42(43)37-27-28-48-46-23-10-9-21-44(46)45-22-11-12-24-47(45)50(48)32-37/h1-34H. The van der Waals surface area contributed by atoms with E-state index in [0.717, 1.165) is 38.6 Å². The first kappa shape index (κ1) is 31.3. The van der Waals surface area contributed by atoms with Gasteiger partial charge in [0, 0.05) is 10.8 Å². The third kappa shape index (κ3) is 5.24. The third-order valence-electron chi connectivity index (χ3n) is 11.2. The molecule has 256 valence electrons. The van der Waals surface area contributed by atoms with Crippen LogP contribution in [0, 0.1) is 0 Å². The molecule has 1 heterocycles. The van der Waals surface area contributed by atoms with Crippen molar-refractivity contribution in [2.75, 3.05) is 0 Å². The molecule has 0 amide bonds. The number of hydrogen-bond donors (Lipinski definition) is 0. The SMILES string of the molecule is c1ccc(-c2cc(-c3ccccc3)cc(-c3cc(-c4ccccc4-c4ccc5c6ccccc6c6ccccc6c5c4)c4c(c3)oc3ccccc34)c2)cc1. The highest BCUT2D eigenvalue weighted by Crippen LogP contribution is 2.45. The van der Waals surface area contributed by atoms with Gasteiger partial charge in [0.05, 0.1) is 0 Å². The maximum absolute atomic E-state index is 6.70. The molecule has 11 rings (SSSR count). The molecule has 0 atom stereocenters. The molecule has 1 nitrogen and oxygen atoms in total. The van der Waals surface area contributed by atoms with Crippen LogP contribution in [-0.2, 0) is 0 Å². The Balaban J connectivity index is 1.17. The van der Waals surface area contributed by atoms with E-state index in [2.05, 4.69) is 206 Å². The number of hydrogen-bond acceptors (Lipinski definition) is 1. The second-order valence-electron chi connectivity index (χ2n) is 14.4. The Morgan fingerprint density at radius 2 is 0.673 bits per heavy atom. The zero-order chi connectivity index (χ0) is 36.3. The number of para-hydroxylation sites is 1. The normalized spacial score (nSPS) is 11.6. The van der Waals surface area contributed by atoms with Crippen LogP contribution in [-0.4, -0.2) is 0 Å². The van der Waals surface area contributed by atoms with Crippen molar-refractivity contribution in [1.82, 2.24) is 0 Å². The number of furan rings is 1. The zero-order valence-corrected chi connectivity index (χ0v) is 30.0. The quantitative estimate of drug-likeness (QED) is 0.163. The first-order chi connectivity index (χ1) is 27.3. The van der Waals surface area contributed by atoms with Gasteiger partial charge in [0.2, 0.25) is 0 Å². The first-order valence-corrected chi connectivity index (χ1v) is 18.9. The lowest BCUT2D eigenvalue weighted by Gasteiger charge is -2.16. The van der Waals surface area contributed by atoms with Gasteiger partial charge >= 0.3 is 0 Å². The van der Waals surface area contributed by atoms with E-state index in [1.54, 1.807) is 0 Å². The molecule has 10 aromatic carbocycles. The van der Waals surface area contributed by atoms with Gasteiger partial charge in [-0.1, -0.05) is 164 Å². The molecule has 0 saturated carbocycles. The smallest absolute Gasteiger partial charge is 0.136 e. The minimum Gasteiger partial charge on any atom is -0.456 e. The molecule has 0 bridgehead atoms. The van der Waals surface area contributed by atoms with Crippen LogP contribution in [0.15, 0.2) is 211 Å². The van der Waals surface area contributed by atoms with Crippen molar-refractivity contribution in [2.45, 2.75) is 0 Å².